The molecule has 0 aliphatic heterocycles. The Balaban J connectivity index is 2.60. The van der Waals surface area contributed by atoms with Gasteiger partial charge in [-0.25, -0.2) is 9.37 Å². The molecule has 1 heterocycles. The van der Waals surface area contributed by atoms with Gasteiger partial charge in [-0.2, -0.15) is 0 Å². The fraction of sp³-hybridized carbons (Fsp3) is 0.385. The number of aromatic nitrogens is 2. The number of amides is 1. The molecule has 0 saturated carbocycles. The third-order valence-electron chi connectivity index (χ3n) is 3.04. The zero-order valence-corrected chi connectivity index (χ0v) is 14.0. The lowest BCUT2D eigenvalue weighted by Crippen LogP contribution is -2.31. The van der Waals surface area contributed by atoms with Crippen molar-refractivity contribution < 1.29 is 9.18 Å². The lowest BCUT2D eigenvalue weighted by Gasteiger charge is -2.16. The van der Waals surface area contributed by atoms with Crippen LogP contribution in [0.15, 0.2) is 12.1 Å². The quantitative estimate of drug-likeness (QED) is 0.623. The Morgan fingerprint density at radius 2 is 2.30 bits per heavy atom. The summed E-state index contributed by atoms with van der Waals surface area (Å²) in [6, 6.07) is 2.56. The molecule has 20 heavy (non-hydrogen) atoms. The van der Waals surface area contributed by atoms with Crippen molar-refractivity contribution in [1.82, 2.24) is 14.9 Å². The second kappa shape index (κ2) is 6.26. The van der Waals surface area contributed by atoms with Gasteiger partial charge < -0.3 is 9.88 Å². The summed E-state index contributed by atoms with van der Waals surface area (Å²) < 4.78 is 16.0. The maximum absolute atomic E-state index is 13.8. The predicted molar refractivity (Wildman–Crippen MR) is 85.4 cm³/mol. The number of halogens is 3. The van der Waals surface area contributed by atoms with Crippen LogP contribution in [0.4, 0.5) is 4.39 Å². The number of nitrogens with one attached hydrogen (secondary N) is 1. The van der Waals surface area contributed by atoms with Gasteiger partial charge in [0.1, 0.15) is 17.7 Å². The first kappa shape index (κ1) is 15.5. The molecule has 1 amide bonds. The number of likely N-dealkylation sites (N-methyl/N-ethyl adjacent to an activating group) is 1. The number of rotatable bonds is 4. The molecule has 1 aromatic carbocycles. The standard InChI is InChI=1S/C13H14ClFIN3O/c1-3-17-13(20)7(2)19-11-4-8(15)9(16)5-10(11)18-12(19)6-14/h4-5,7H,3,6H2,1-2H3,(H,17,20). The van der Waals surface area contributed by atoms with Gasteiger partial charge in [-0.05, 0) is 42.5 Å². The van der Waals surface area contributed by atoms with E-state index in [1.807, 2.05) is 29.5 Å². The Morgan fingerprint density at radius 1 is 1.60 bits per heavy atom. The van der Waals surface area contributed by atoms with Gasteiger partial charge in [0.25, 0.3) is 0 Å². The Morgan fingerprint density at radius 3 is 2.90 bits per heavy atom. The zero-order valence-electron chi connectivity index (χ0n) is 11.1. The smallest absolute Gasteiger partial charge is 0.242 e. The highest BCUT2D eigenvalue weighted by Crippen LogP contribution is 2.26. The van der Waals surface area contributed by atoms with E-state index in [9.17, 15) is 9.18 Å². The lowest BCUT2D eigenvalue weighted by molar-refractivity contribution is -0.123. The molecule has 2 rings (SSSR count). The normalized spacial score (nSPS) is 12.7. The Bertz CT molecular complexity index is 659. The van der Waals surface area contributed by atoms with E-state index in [4.69, 9.17) is 11.6 Å². The number of alkyl halides is 1. The van der Waals surface area contributed by atoms with Crippen LogP contribution < -0.4 is 5.32 Å². The lowest BCUT2D eigenvalue weighted by atomic mass is 10.2. The average Bonchev–Trinajstić information content (AvgIpc) is 2.76. The second-order valence-corrected chi connectivity index (χ2v) is 5.79. The third-order valence-corrected chi connectivity index (χ3v) is 4.11. The highest BCUT2D eigenvalue weighted by Gasteiger charge is 2.21. The van der Waals surface area contributed by atoms with Crippen LogP contribution in [0.5, 0.6) is 0 Å². The van der Waals surface area contributed by atoms with Crippen molar-refractivity contribution >= 4 is 51.1 Å². The molecular weight excluding hydrogens is 396 g/mol. The van der Waals surface area contributed by atoms with Crippen molar-refractivity contribution in [2.75, 3.05) is 6.54 Å². The highest BCUT2D eigenvalue weighted by molar-refractivity contribution is 14.1. The number of nitrogens with zero attached hydrogens (tertiary/aromatic N) is 2. The van der Waals surface area contributed by atoms with Gasteiger partial charge in [0.2, 0.25) is 5.91 Å². The summed E-state index contributed by atoms with van der Waals surface area (Å²) in [6.45, 7) is 4.14. The first-order valence-corrected chi connectivity index (χ1v) is 7.80. The molecule has 1 atom stereocenters. The van der Waals surface area contributed by atoms with Crippen molar-refractivity contribution in [1.29, 1.82) is 0 Å². The number of fused-ring (bicyclic) bond motifs is 1. The number of carbonyl (C=O) groups excluding carboxylic acids is 1. The largest absolute Gasteiger partial charge is 0.355 e. The van der Waals surface area contributed by atoms with Gasteiger partial charge in [0.15, 0.2) is 0 Å². The second-order valence-electron chi connectivity index (χ2n) is 4.36. The summed E-state index contributed by atoms with van der Waals surface area (Å²) >= 11 is 7.81. The number of hydrogen-bond donors (Lipinski definition) is 1. The molecule has 1 aromatic heterocycles. The van der Waals surface area contributed by atoms with E-state index in [1.54, 1.807) is 17.6 Å². The van der Waals surface area contributed by atoms with Crippen molar-refractivity contribution in [3.63, 3.8) is 0 Å². The molecular formula is C13H14ClFIN3O. The van der Waals surface area contributed by atoms with Crippen LogP contribution in [0.2, 0.25) is 0 Å². The van der Waals surface area contributed by atoms with Crippen LogP contribution in [0.25, 0.3) is 11.0 Å². The zero-order chi connectivity index (χ0) is 14.9. The van der Waals surface area contributed by atoms with Gasteiger partial charge in [-0.3, -0.25) is 4.79 Å². The highest BCUT2D eigenvalue weighted by atomic mass is 127. The fourth-order valence-corrected chi connectivity index (χ4v) is 2.75. The van der Waals surface area contributed by atoms with Gasteiger partial charge in [-0.15, -0.1) is 11.6 Å². The minimum atomic E-state index is -0.492. The Hall–Kier alpha value is -0.890. The van der Waals surface area contributed by atoms with Crippen molar-refractivity contribution in [2.45, 2.75) is 25.8 Å². The van der Waals surface area contributed by atoms with E-state index in [0.29, 0.717) is 27.0 Å². The molecule has 0 fully saturated rings. The van der Waals surface area contributed by atoms with E-state index in [-0.39, 0.29) is 17.6 Å². The molecule has 1 unspecified atom stereocenters. The van der Waals surface area contributed by atoms with Crippen LogP contribution in [0, 0.1) is 9.39 Å². The van der Waals surface area contributed by atoms with Crippen molar-refractivity contribution in [2.24, 2.45) is 0 Å². The molecule has 2 aromatic rings. The maximum atomic E-state index is 13.8. The van der Waals surface area contributed by atoms with E-state index in [1.165, 1.54) is 6.07 Å². The molecule has 4 nitrogen and oxygen atoms in total. The van der Waals surface area contributed by atoms with Gasteiger partial charge in [-0.1, -0.05) is 0 Å². The van der Waals surface area contributed by atoms with E-state index in [2.05, 4.69) is 10.3 Å². The van der Waals surface area contributed by atoms with E-state index < -0.39 is 6.04 Å². The third kappa shape index (κ3) is 2.76. The molecule has 0 saturated heterocycles. The topological polar surface area (TPSA) is 46.9 Å². The first-order chi connectivity index (χ1) is 9.49. The molecule has 108 valence electrons. The molecule has 0 aliphatic carbocycles. The first-order valence-electron chi connectivity index (χ1n) is 6.19. The molecule has 0 aliphatic rings. The van der Waals surface area contributed by atoms with Crippen LogP contribution in [0.1, 0.15) is 25.7 Å². The molecule has 0 radical (unpaired) electrons. The van der Waals surface area contributed by atoms with E-state index in [0.717, 1.165) is 0 Å². The summed E-state index contributed by atoms with van der Waals surface area (Å²) in [5.74, 6) is 0.249. The summed E-state index contributed by atoms with van der Waals surface area (Å²) in [6.07, 6.45) is 0. The molecule has 1 N–H and O–H groups in total. The SMILES string of the molecule is CCNC(=O)C(C)n1c(CCl)nc2cc(I)c(F)cc21. The van der Waals surface area contributed by atoms with Gasteiger partial charge in [0.05, 0.1) is 20.5 Å². The van der Waals surface area contributed by atoms with E-state index >= 15 is 0 Å². The average molecular weight is 410 g/mol. The summed E-state index contributed by atoms with van der Waals surface area (Å²) in [5, 5.41) is 2.75. The fourth-order valence-electron chi connectivity index (χ4n) is 2.11. The summed E-state index contributed by atoms with van der Waals surface area (Å²) in [4.78, 5) is 16.4. The number of carbonyl (C=O) groups is 1. The Labute approximate surface area is 134 Å². The molecule has 7 heteroatoms. The minimum Gasteiger partial charge on any atom is -0.355 e. The molecule has 0 spiro atoms. The van der Waals surface area contributed by atoms with Crippen LogP contribution >= 0.6 is 34.2 Å². The summed E-state index contributed by atoms with van der Waals surface area (Å²) in [7, 11) is 0. The molecule has 0 bridgehead atoms. The van der Waals surface area contributed by atoms with Gasteiger partial charge >= 0.3 is 0 Å². The van der Waals surface area contributed by atoms with Crippen molar-refractivity contribution in [3.05, 3.63) is 27.3 Å². The predicted octanol–water partition coefficient (Wildman–Crippen LogP) is 3.22. The van der Waals surface area contributed by atoms with Crippen LogP contribution in [-0.4, -0.2) is 22.0 Å². The van der Waals surface area contributed by atoms with Crippen LogP contribution in [-0.2, 0) is 10.7 Å². The number of benzene rings is 1. The van der Waals surface area contributed by atoms with Crippen LogP contribution in [0.3, 0.4) is 0 Å². The van der Waals surface area contributed by atoms with Crippen molar-refractivity contribution in [3.8, 4) is 0 Å². The number of hydrogen-bond acceptors (Lipinski definition) is 2. The maximum Gasteiger partial charge on any atom is 0.242 e. The Kier molecular flexibility index (Phi) is 4.85. The monoisotopic (exact) mass is 409 g/mol. The summed E-state index contributed by atoms with van der Waals surface area (Å²) in [5.41, 5.74) is 1.22. The number of imidazole rings is 1. The van der Waals surface area contributed by atoms with Gasteiger partial charge in [0, 0.05) is 12.6 Å². The minimum absolute atomic E-state index is 0.142.